The van der Waals surface area contributed by atoms with E-state index in [-0.39, 0.29) is 11.1 Å². The number of nitrogens with zero attached hydrogens (tertiary/aromatic N) is 2. The van der Waals surface area contributed by atoms with Gasteiger partial charge < -0.3 is 4.57 Å². The zero-order chi connectivity index (χ0) is 11.7. The minimum Gasteiger partial charge on any atom is -0.340 e. The molecule has 0 saturated heterocycles. The Morgan fingerprint density at radius 3 is 2.47 bits per heavy atom. The van der Waals surface area contributed by atoms with Gasteiger partial charge in [0.15, 0.2) is 0 Å². The van der Waals surface area contributed by atoms with Crippen LogP contribution in [0.15, 0.2) is 17.9 Å². The van der Waals surface area contributed by atoms with Crippen LogP contribution in [0.25, 0.3) is 6.08 Å². The Kier molecular flexibility index (Phi) is 2.89. The van der Waals surface area contributed by atoms with Gasteiger partial charge in [-0.15, -0.1) is 0 Å². The lowest BCUT2D eigenvalue weighted by atomic mass is 10.5. The molecule has 0 bridgehead atoms. The second kappa shape index (κ2) is 3.69. The summed E-state index contributed by atoms with van der Waals surface area (Å²) in [5, 5.41) is 0.0926. The van der Waals surface area contributed by atoms with Crippen molar-refractivity contribution < 1.29 is 21.6 Å². The predicted octanol–water partition coefficient (Wildman–Crippen LogP) is 1.33. The molecule has 0 atom stereocenters. The molecule has 0 aliphatic rings. The SMILES string of the molecule is Cn1cnc(/C=C/S(=O)(=O)C(F)(F)F)c1. The third-order valence-electron chi connectivity index (χ3n) is 1.47. The van der Waals surface area contributed by atoms with Crippen LogP contribution in [-0.4, -0.2) is 23.5 Å². The Hall–Kier alpha value is -1.31. The topological polar surface area (TPSA) is 52.0 Å². The van der Waals surface area contributed by atoms with Gasteiger partial charge in [0, 0.05) is 18.7 Å². The van der Waals surface area contributed by atoms with Crippen LogP contribution < -0.4 is 0 Å². The van der Waals surface area contributed by atoms with Crippen LogP contribution in [0.2, 0.25) is 0 Å². The predicted molar refractivity (Wildman–Crippen MR) is 47.2 cm³/mol. The summed E-state index contributed by atoms with van der Waals surface area (Å²) in [5.41, 5.74) is -5.12. The van der Waals surface area contributed by atoms with Crippen LogP contribution in [-0.2, 0) is 16.9 Å². The first-order valence-electron chi connectivity index (χ1n) is 3.70. The van der Waals surface area contributed by atoms with E-state index in [0.29, 0.717) is 0 Å². The number of halogens is 3. The van der Waals surface area contributed by atoms with Crippen LogP contribution in [0.3, 0.4) is 0 Å². The number of sulfone groups is 1. The number of rotatable bonds is 2. The standard InChI is InChI=1S/C7H7F3N2O2S/c1-12-4-6(11-5-12)2-3-15(13,14)7(8,9)10/h2-5H,1H3/b3-2+. The lowest BCUT2D eigenvalue weighted by Crippen LogP contribution is -2.20. The largest absolute Gasteiger partial charge is 0.501 e. The molecule has 4 nitrogen and oxygen atoms in total. The van der Waals surface area contributed by atoms with E-state index in [9.17, 15) is 21.6 Å². The first kappa shape index (κ1) is 11.8. The maximum absolute atomic E-state index is 11.9. The lowest BCUT2D eigenvalue weighted by molar-refractivity contribution is -0.0423. The van der Waals surface area contributed by atoms with Crippen LogP contribution in [0.4, 0.5) is 13.2 Å². The maximum Gasteiger partial charge on any atom is 0.501 e. The van der Waals surface area contributed by atoms with Crippen LogP contribution >= 0.6 is 0 Å². The van der Waals surface area contributed by atoms with Crippen LogP contribution in [0.5, 0.6) is 0 Å². The van der Waals surface area contributed by atoms with Crippen molar-refractivity contribution in [3.05, 3.63) is 23.6 Å². The van der Waals surface area contributed by atoms with Gasteiger partial charge in [-0.25, -0.2) is 13.4 Å². The van der Waals surface area contributed by atoms with Gasteiger partial charge in [-0.05, 0) is 6.08 Å². The summed E-state index contributed by atoms with van der Waals surface area (Å²) in [5.74, 6) is 0. The van der Waals surface area contributed by atoms with Crippen LogP contribution in [0.1, 0.15) is 5.69 Å². The number of aryl methyl sites for hydroxylation is 1. The van der Waals surface area contributed by atoms with Gasteiger partial charge in [0.1, 0.15) is 0 Å². The van der Waals surface area contributed by atoms with Gasteiger partial charge in [0.05, 0.1) is 12.0 Å². The monoisotopic (exact) mass is 240 g/mol. The molecule has 15 heavy (non-hydrogen) atoms. The molecule has 84 valence electrons. The summed E-state index contributed by atoms with van der Waals surface area (Å²) in [6, 6.07) is 0. The average Bonchev–Trinajstić information content (AvgIpc) is 2.46. The van der Waals surface area contributed by atoms with Gasteiger partial charge in [-0.3, -0.25) is 0 Å². The van der Waals surface area contributed by atoms with Gasteiger partial charge in [-0.2, -0.15) is 13.2 Å². The highest BCUT2D eigenvalue weighted by atomic mass is 32.2. The quantitative estimate of drug-likeness (QED) is 0.783. The Morgan fingerprint density at radius 1 is 1.47 bits per heavy atom. The average molecular weight is 240 g/mol. The van der Waals surface area contributed by atoms with E-state index in [4.69, 9.17) is 0 Å². The lowest BCUT2D eigenvalue weighted by Gasteiger charge is -2.01. The Morgan fingerprint density at radius 2 is 2.07 bits per heavy atom. The van der Waals surface area contributed by atoms with Gasteiger partial charge in [0.2, 0.25) is 0 Å². The fraction of sp³-hybridized carbons (Fsp3) is 0.286. The normalized spacial score (nSPS) is 13.6. The highest BCUT2D eigenvalue weighted by Gasteiger charge is 2.43. The first-order valence-corrected chi connectivity index (χ1v) is 5.24. The molecule has 1 rings (SSSR count). The molecule has 0 aliphatic heterocycles. The van der Waals surface area contributed by atoms with E-state index >= 15 is 0 Å². The molecule has 1 aromatic heterocycles. The minimum absolute atomic E-state index is 0.0926. The van der Waals surface area contributed by atoms with Crippen molar-refractivity contribution >= 4 is 15.9 Å². The Bertz CT molecular complexity index is 473. The number of imidazole rings is 1. The summed E-state index contributed by atoms with van der Waals surface area (Å²) in [6.45, 7) is 0. The molecule has 0 aliphatic carbocycles. The van der Waals surface area contributed by atoms with E-state index in [1.807, 2.05) is 0 Å². The fourth-order valence-corrected chi connectivity index (χ4v) is 1.23. The highest BCUT2D eigenvalue weighted by Crippen LogP contribution is 2.24. The molecule has 0 radical (unpaired) electrons. The van der Waals surface area contributed by atoms with Crippen molar-refractivity contribution in [2.75, 3.05) is 0 Å². The molecular formula is C7H7F3N2O2S. The van der Waals surface area contributed by atoms with Gasteiger partial charge >= 0.3 is 5.51 Å². The molecule has 1 heterocycles. The van der Waals surface area contributed by atoms with Crippen LogP contribution in [0, 0.1) is 0 Å². The van der Waals surface area contributed by atoms with E-state index in [1.54, 1.807) is 7.05 Å². The van der Waals surface area contributed by atoms with Gasteiger partial charge in [-0.1, -0.05) is 0 Å². The molecule has 0 fully saturated rings. The third kappa shape index (κ3) is 2.82. The highest BCUT2D eigenvalue weighted by molar-refractivity contribution is 7.95. The van der Waals surface area contributed by atoms with E-state index < -0.39 is 15.3 Å². The maximum atomic E-state index is 11.9. The summed E-state index contributed by atoms with van der Waals surface area (Å²) < 4.78 is 58.3. The zero-order valence-corrected chi connectivity index (χ0v) is 8.38. The van der Waals surface area contributed by atoms with Crippen molar-refractivity contribution in [3.8, 4) is 0 Å². The molecule has 0 spiro atoms. The number of hydrogen-bond acceptors (Lipinski definition) is 3. The van der Waals surface area contributed by atoms with Crippen molar-refractivity contribution in [1.29, 1.82) is 0 Å². The second-order valence-corrected chi connectivity index (χ2v) is 4.58. The van der Waals surface area contributed by atoms with Crippen molar-refractivity contribution in [2.45, 2.75) is 5.51 Å². The first-order chi connectivity index (χ1) is 6.72. The Balaban J connectivity index is 2.92. The van der Waals surface area contributed by atoms with E-state index in [2.05, 4.69) is 4.98 Å². The number of alkyl halides is 3. The number of aromatic nitrogens is 2. The molecule has 0 unspecified atom stereocenters. The van der Waals surface area contributed by atoms with E-state index in [1.165, 1.54) is 17.1 Å². The molecule has 0 aromatic carbocycles. The molecule has 0 saturated carbocycles. The fourth-order valence-electron chi connectivity index (χ4n) is 0.756. The van der Waals surface area contributed by atoms with Gasteiger partial charge in [0.25, 0.3) is 9.84 Å². The summed E-state index contributed by atoms with van der Waals surface area (Å²) in [6.07, 6.45) is 3.53. The van der Waals surface area contributed by atoms with Crippen molar-refractivity contribution in [3.63, 3.8) is 0 Å². The Labute approximate surface area is 84.0 Å². The van der Waals surface area contributed by atoms with Crippen molar-refractivity contribution in [2.24, 2.45) is 7.05 Å². The second-order valence-electron chi connectivity index (χ2n) is 2.76. The summed E-state index contributed by atoms with van der Waals surface area (Å²) >= 11 is 0. The zero-order valence-electron chi connectivity index (χ0n) is 7.56. The van der Waals surface area contributed by atoms with Crippen molar-refractivity contribution in [1.82, 2.24) is 9.55 Å². The third-order valence-corrected chi connectivity index (χ3v) is 2.61. The number of hydrogen-bond donors (Lipinski definition) is 0. The molecule has 0 amide bonds. The molecule has 0 N–H and O–H groups in total. The molecule has 8 heteroatoms. The summed E-state index contributed by atoms with van der Waals surface area (Å²) in [7, 11) is -3.60. The smallest absolute Gasteiger partial charge is 0.340 e. The van der Waals surface area contributed by atoms with E-state index in [0.717, 1.165) is 6.08 Å². The molecular weight excluding hydrogens is 233 g/mol. The minimum atomic E-state index is -5.27. The summed E-state index contributed by atoms with van der Waals surface area (Å²) in [4.78, 5) is 3.65. The molecule has 1 aromatic rings.